The predicted molar refractivity (Wildman–Crippen MR) is 52.3 cm³/mol. The van der Waals surface area contributed by atoms with Crippen LogP contribution in [-0.2, 0) is 0 Å². The molecule has 0 amide bonds. The normalized spacial score (nSPS) is 18.1. The average molecular weight is 195 g/mol. The van der Waals surface area contributed by atoms with Crippen LogP contribution in [-0.4, -0.2) is 5.11 Å². The van der Waals surface area contributed by atoms with Gasteiger partial charge in [-0.05, 0) is 18.4 Å². The predicted octanol–water partition coefficient (Wildman–Crippen LogP) is 2.33. The maximum Gasteiger partial charge on any atom is 0.131 e. The highest BCUT2D eigenvalue weighted by Gasteiger charge is 2.25. The number of nitrogens with two attached hydrogens (primary N) is 1. The van der Waals surface area contributed by atoms with Gasteiger partial charge in [0.2, 0.25) is 0 Å². The summed E-state index contributed by atoms with van der Waals surface area (Å²) in [6, 6.07) is 3.92. The largest absolute Gasteiger partial charge is 0.508 e. The van der Waals surface area contributed by atoms with Crippen LogP contribution in [0.3, 0.4) is 0 Å². The molecule has 3 heteroatoms. The van der Waals surface area contributed by atoms with Crippen molar-refractivity contribution >= 4 is 0 Å². The zero-order valence-corrected chi connectivity index (χ0v) is 7.91. The highest BCUT2D eigenvalue weighted by Crippen LogP contribution is 2.37. The van der Waals surface area contributed by atoms with Gasteiger partial charge in [0.25, 0.3) is 0 Å². The van der Waals surface area contributed by atoms with E-state index in [1.165, 1.54) is 18.9 Å². The minimum absolute atomic E-state index is 0.0510. The van der Waals surface area contributed by atoms with Gasteiger partial charge >= 0.3 is 0 Å². The highest BCUT2D eigenvalue weighted by molar-refractivity contribution is 5.29. The molecule has 0 aromatic heterocycles. The molecule has 2 nitrogen and oxygen atoms in total. The molecule has 0 spiro atoms. The van der Waals surface area contributed by atoms with Crippen LogP contribution in [0.25, 0.3) is 0 Å². The minimum Gasteiger partial charge on any atom is -0.508 e. The fraction of sp³-hybridized carbons (Fsp3) is 0.455. The van der Waals surface area contributed by atoms with Gasteiger partial charge in [-0.2, -0.15) is 0 Å². The average Bonchev–Trinajstić information content (AvgIpc) is 2.87. The van der Waals surface area contributed by atoms with Gasteiger partial charge in [0.1, 0.15) is 11.6 Å². The van der Waals surface area contributed by atoms with Gasteiger partial charge in [-0.1, -0.05) is 18.9 Å². The van der Waals surface area contributed by atoms with E-state index in [4.69, 9.17) is 10.8 Å². The molecule has 1 aliphatic rings. The van der Waals surface area contributed by atoms with E-state index in [1.807, 2.05) is 0 Å². The molecule has 0 saturated heterocycles. The maximum atomic E-state index is 13.3. The van der Waals surface area contributed by atoms with E-state index in [0.29, 0.717) is 11.5 Å². The molecule has 1 aliphatic carbocycles. The SMILES string of the molecule is NC(CC1CC1)c1ccc(O)cc1F. The molecule has 1 atom stereocenters. The fourth-order valence-electron chi connectivity index (χ4n) is 1.66. The Hall–Kier alpha value is -1.09. The van der Waals surface area contributed by atoms with Crippen molar-refractivity contribution in [3.8, 4) is 5.75 Å². The van der Waals surface area contributed by atoms with Crippen LogP contribution in [0.4, 0.5) is 4.39 Å². The van der Waals surface area contributed by atoms with Crippen molar-refractivity contribution in [1.82, 2.24) is 0 Å². The Morgan fingerprint density at radius 1 is 1.50 bits per heavy atom. The van der Waals surface area contributed by atoms with E-state index in [-0.39, 0.29) is 11.8 Å². The summed E-state index contributed by atoms with van der Waals surface area (Å²) in [5.41, 5.74) is 6.37. The van der Waals surface area contributed by atoms with Crippen LogP contribution in [0.15, 0.2) is 18.2 Å². The molecule has 1 saturated carbocycles. The quantitative estimate of drug-likeness (QED) is 0.777. The lowest BCUT2D eigenvalue weighted by Gasteiger charge is -2.12. The molecule has 14 heavy (non-hydrogen) atoms. The molecule has 0 aliphatic heterocycles. The molecular weight excluding hydrogens is 181 g/mol. The first kappa shape index (κ1) is 9.46. The first-order chi connectivity index (χ1) is 6.66. The van der Waals surface area contributed by atoms with Crippen LogP contribution in [0.5, 0.6) is 5.75 Å². The lowest BCUT2D eigenvalue weighted by molar-refractivity contribution is 0.464. The van der Waals surface area contributed by atoms with Crippen molar-refractivity contribution in [2.24, 2.45) is 11.7 Å². The molecule has 1 unspecified atom stereocenters. The standard InChI is InChI=1S/C11H14FNO/c12-10-6-8(14)3-4-9(10)11(13)5-7-1-2-7/h3-4,6-7,11,14H,1-2,5,13H2. The number of hydrogen-bond donors (Lipinski definition) is 2. The Bertz CT molecular complexity index is 336. The van der Waals surface area contributed by atoms with Crippen molar-refractivity contribution in [2.75, 3.05) is 0 Å². The molecule has 1 fully saturated rings. The van der Waals surface area contributed by atoms with Crippen molar-refractivity contribution in [3.05, 3.63) is 29.6 Å². The second-order valence-electron chi connectivity index (χ2n) is 3.99. The Labute approximate surface area is 82.5 Å². The molecular formula is C11H14FNO. The first-order valence-corrected chi connectivity index (χ1v) is 4.91. The number of phenolic OH excluding ortho intramolecular Hbond substituents is 1. The smallest absolute Gasteiger partial charge is 0.131 e. The van der Waals surface area contributed by atoms with Crippen molar-refractivity contribution in [3.63, 3.8) is 0 Å². The summed E-state index contributed by atoms with van der Waals surface area (Å²) in [5.74, 6) is 0.223. The van der Waals surface area contributed by atoms with Gasteiger partial charge in [-0.15, -0.1) is 0 Å². The van der Waals surface area contributed by atoms with Gasteiger partial charge in [-0.25, -0.2) is 4.39 Å². The van der Waals surface area contributed by atoms with Gasteiger partial charge in [-0.3, -0.25) is 0 Å². The van der Waals surface area contributed by atoms with E-state index < -0.39 is 5.82 Å². The maximum absolute atomic E-state index is 13.3. The van der Waals surface area contributed by atoms with Crippen molar-refractivity contribution in [2.45, 2.75) is 25.3 Å². The zero-order chi connectivity index (χ0) is 10.1. The first-order valence-electron chi connectivity index (χ1n) is 4.91. The van der Waals surface area contributed by atoms with Gasteiger partial charge in [0, 0.05) is 17.7 Å². The third-order valence-electron chi connectivity index (χ3n) is 2.67. The van der Waals surface area contributed by atoms with Crippen LogP contribution in [0.1, 0.15) is 30.9 Å². The number of aromatic hydroxyl groups is 1. The summed E-state index contributed by atoms with van der Waals surface area (Å²) in [4.78, 5) is 0. The summed E-state index contributed by atoms with van der Waals surface area (Å²) < 4.78 is 13.3. The molecule has 2 rings (SSSR count). The minimum atomic E-state index is -0.404. The third kappa shape index (κ3) is 2.04. The molecule has 3 N–H and O–H groups in total. The Balaban J connectivity index is 2.13. The topological polar surface area (TPSA) is 46.2 Å². The van der Waals surface area contributed by atoms with E-state index >= 15 is 0 Å². The fourth-order valence-corrected chi connectivity index (χ4v) is 1.66. The number of hydrogen-bond acceptors (Lipinski definition) is 2. The lowest BCUT2D eigenvalue weighted by Crippen LogP contribution is -2.12. The van der Waals surface area contributed by atoms with Crippen LogP contribution >= 0.6 is 0 Å². The van der Waals surface area contributed by atoms with Gasteiger partial charge in [0.15, 0.2) is 0 Å². The van der Waals surface area contributed by atoms with Crippen molar-refractivity contribution < 1.29 is 9.50 Å². The lowest BCUT2D eigenvalue weighted by atomic mass is 10.0. The second kappa shape index (κ2) is 3.58. The molecule has 0 heterocycles. The molecule has 76 valence electrons. The Morgan fingerprint density at radius 3 is 2.79 bits per heavy atom. The number of benzene rings is 1. The number of rotatable bonds is 3. The van der Waals surface area contributed by atoms with Crippen LogP contribution in [0, 0.1) is 11.7 Å². The number of phenols is 1. The molecule has 0 bridgehead atoms. The number of halogens is 1. The van der Waals surface area contributed by atoms with Gasteiger partial charge < -0.3 is 10.8 Å². The van der Waals surface area contributed by atoms with Gasteiger partial charge in [0.05, 0.1) is 0 Å². The summed E-state index contributed by atoms with van der Waals surface area (Å²) >= 11 is 0. The third-order valence-corrected chi connectivity index (χ3v) is 2.67. The summed E-state index contributed by atoms with van der Waals surface area (Å²) in [6.45, 7) is 0. The summed E-state index contributed by atoms with van der Waals surface area (Å²) in [7, 11) is 0. The highest BCUT2D eigenvalue weighted by atomic mass is 19.1. The Kier molecular flexibility index (Phi) is 2.42. The molecule has 1 aromatic carbocycles. The van der Waals surface area contributed by atoms with Crippen LogP contribution < -0.4 is 5.73 Å². The van der Waals surface area contributed by atoms with Crippen LogP contribution in [0.2, 0.25) is 0 Å². The Morgan fingerprint density at radius 2 is 2.21 bits per heavy atom. The van der Waals surface area contributed by atoms with E-state index in [2.05, 4.69) is 0 Å². The second-order valence-corrected chi connectivity index (χ2v) is 3.99. The van der Waals surface area contributed by atoms with E-state index in [0.717, 1.165) is 12.5 Å². The molecule has 1 aromatic rings. The summed E-state index contributed by atoms with van der Waals surface area (Å²) in [6.07, 6.45) is 3.28. The zero-order valence-electron chi connectivity index (χ0n) is 7.91. The van der Waals surface area contributed by atoms with E-state index in [1.54, 1.807) is 6.07 Å². The van der Waals surface area contributed by atoms with Crippen molar-refractivity contribution in [1.29, 1.82) is 0 Å². The van der Waals surface area contributed by atoms with E-state index in [9.17, 15) is 4.39 Å². The molecule has 0 radical (unpaired) electrons. The summed E-state index contributed by atoms with van der Waals surface area (Å²) in [5, 5.41) is 9.03. The monoisotopic (exact) mass is 195 g/mol.